The quantitative estimate of drug-likeness (QED) is 0.770. The molecule has 0 aliphatic rings. The van der Waals surface area contributed by atoms with Crippen LogP contribution in [0.3, 0.4) is 0 Å². The summed E-state index contributed by atoms with van der Waals surface area (Å²) in [5.74, 6) is 0.349. The molecule has 0 fully saturated rings. The van der Waals surface area contributed by atoms with Crippen LogP contribution >= 0.6 is 0 Å². The highest BCUT2D eigenvalue weighted by Crippen LogP contribution is 2.05. The van der Waals surface area contributed by atoms with Crippen molar-refractivity contribution in [3.63, 3.8) is 0 Å². The minimum absolute atomic E-state index is 0.133. The zero-order chi connectivity index (χ0) is 11.4. The zero-order valence-corrected chi connectivity index (χ0v) is 8.84. The summed E-state index contributed by atoms with van der Waals surface area (Å²) in [6.07, 6.45) is 4.00. The largest absolute Gasteiger partial charge is 0.308 e. The molecule has 84 valence electrons. The maximum Gasteiger partial charge on any atom is 0.247 e. The number of nitrogens with one attached hydrogen (secondary N) is 2. The monoisotopic (exact) mass is 220 g/mol. The fourth-order valence-corrected chi connectivity index (χ4v) is 1.25. The van der Waals surface area contributed by atoms with Gasteiger partial charge >= 0.3 is 0 Å². The highest BCUT2D eigenvalue weighted by atomic mass is 16.2. The molecule has 0 aromatic carbocycles. The number of carbonyl (C=O) groups is 1. The van der Waals surface area contributed by atoms with Crippen LogP contribution in [0.2, 0.25) is 0 Å². The molecule has 2 aromatic rings. The lowest BCUT2D eigenvalue weighted by molar-refractivity contribution is -0.116. The predicted octanol–water partition coefficient (Wildman–Crippen LogP) is 0.202. The van der Waals surface area contributed by atoms with Crippen molar-refractivity contribution < 1.29 is 4.79 Å². The average molecular weight is 220 g/mol. The SMILES string of the molecule is CCc1cc(NC(=O)Cn2ccnn2)n[nH]1. The first kappa shape index (κ1) is 10.3. The third-order valence-corrected chi connectivity index (χ3v) is 2.06. The van der Waals surface area contributed by atoms with Gasteiger partial charge in [-0.3, -0.25) is 9.89 Å². The summed E-state index contributed by atoms with van der Waals surface area (Å²) in [4.78, 5) is 11.5. The molecule has 16 heavy (non-hydrogen) atoms. The molecule has 1 amide bonds. The second-order valence-corrected chi connectivity index (χ2v) is 3.28. The van der Waals surface area contributed by atoms with Crippen molar-refractivity contribution in [3.8, 4) is 0 Å². The number of H-pyrrole nitrogens is 1. The molecular weight excluding hydrogens is 208 g/mol. The Kier molecular flexibility index (Phi) is 2.95. The standard InChI is InChI=1S/C9H12N6O/c1-2-7-5-8(13-12-7)11-9(16)6-15-4-3-10-14-15/h3-5H,2,6H2,1H3,(H2,11,12,13,16). The molecule has 2 heterocycles. The van der Waals surface area contributed by atoms with Crippen molar-refractivity contribution >= 4 is 11.7 Å². The molecule has 0 radical (unpaired) electrons. The summed E-state index contributed by atoms with van der Waals surface area (Å²) in [7, 11) is 0. The van der Waals surface area contributed by atoms with Crippen molar-refractivity contribution in [1.29, 1.82) is 0 Å². The third kappa shape index (κ3) is 2.44. The molecular formula is C9H12N6O. The molecule has 0 unspecified atom stereocenters. The van der Waals surface area contributed by atoms with E-state index in [9.17, 15) is 4.79 Å². The molecule has 2 N–H and O–H groups in total. The van der Waals surface area contributed by atoms with E-state index >= 15 is 0 Å². The number of amides is 1. The van der Waals surface area contributed by atoms with Gasteiger partial charge in [-0.1, -0.05) is 12.1 Å². The lowest BCUT2D eigenvalue weighted by Gasteiger charge is -2.00. The van der Waals surface area contributed by atoms with Crippen LogP contribution in [0.4, 0.5) is 5.82 Å². The molecule has 7 nitrogen and oxygen atoms in total. The number of anilines is 1. The predicted molar refractivity (Wildman–Crippen MR) is 56.6 cm³/mol. The highest BCUT2D eigenvalue weighted by Gasteiger charge is 2.06. The Labute approximate surface area is 91.9 Å². The average Bonchev–Trinajstić information content (AvgIpc) is 2.89. The normalized spacial score (nSPS) is 10.3. The van der Waals surface area contributed by atoms with Crippen LogP contribution in [-0.4, -0.2) is 31.1 Å². The van der Waals surface area contributed by atoms with Crippen molar-refractivity contribution in [2.45, 2.75) is 19.9 Å². The minimum Gasteiger partial charge on any atom is -0.308 e. The van der Waals surface area contributed by atoms with Gasteiger partial charge in [-0.2, -0.15) is 5.10 Å². The molecule has 0 saturated carbocycles. The number of aryl methyl sites for hydroxylation is 1. The summed E-state index contributed by atoms with van der Waals surface area (Å²) < 4.78 is 1.45. The number of nitrogens with zero attached hydrogens (tertiary/aromatic N) is 4. The van der Waals surface area contributed by atoms with Crippen molar-refractivity contribution in [3.05, 3.63) is 24.2 Å². The van der Waals surface area contributed by atoms with Gasteiger partial charge in [0, 0.05) is 18.0 Å². The number of hydrogen-bond donors (Lipinski definition) is 2. The fourth-order valence-electron chi connectivity index (χ4n) is 1.25. The molecule has 0 aliphatic heterocycles. The van der Waals surface area contributed by atoms with Crippen LogP contribution in [0.25, 0.3) is 0 Å². The number of hydrogen-bond acceptors (Lipinski definition) is 4. The first-order valence-corrected chi connectivity index (χ1v) is 4.96. The van der Waals surface area contributed by atoms with E-state index in [0.717, 1.165) is 12.1 Å². The van der Waals surface area contributed by atoms with E-state index in [0.29, 0.717) is 5.82 Å². The van der Waals surface area contributed by atoms with E-state index < -0.39 is 0 Å². The van der Waals surface area contributed by atoms with Gasteiger partial charge in [0.1, 0.15) is 6.54 Å². The van der Waals surface area contributed by atoms with Crippen LogP contribution in [0.1, 0.15) is 12.6 Å². The van der Waals surface area contributed by atoms with Gasteiger partial charge in [-0.15, -0.1) is 5.10 Å². The Balaban J connectivity index is 1.92. The smallest absolute Gasteiger partial charge is 0.247 e. The molecule has 2 aromatic heterocycles. The van der Waals surface area contributed by atoms with Crippen LogP contribution in [0.5, 0.6) is 0 Å². The van der Waals surface area contributed by atoms with Gasteiger partial charge < -0.3 is 5.32 Å². The van der Waals surface area contributed by atoms with Crippen LogP contribution < -0.4 is 5.32 Å². The molecule has 2 rings (SSSR count). The maximum atomic E-state index is 11.5. The Morgan fingerprint density at radius 1 is 1.62 bits per heavy atom. The number of rotatable bonds is 4. The Morgan fingerprint density at radius 2 is 2.50 bits per heavy atom. The zero-order valence-electron chi connectivity index (χ0n) is 8.84. The number of carbonyl (C=O) groups excluding carboxylic acids is 1. The Morgan fingerprint density at radius 3 is 3.12 bits per heavy atom. The van der Waals surface area contributed by atoms with E-state index in [2.05, 4.69) is 25.8 Å². The lowest BCUT2D eigenvalue weighted by Crippen LogP contribution is -2.19. The van der Waals surface area contributed by atoms with Crippen molar-refractivity contribution in [1.82, 2.24) is 25.2 Å². The number of aromatic amines is 1. The molecule has 0 saturated heterocycles. The maximum absolute atomic E-state index is 11.5. The summed E-state index contributed by atoms with van der Waals surface area (Å²) in [6, 6.07) is 1.80. The van der Waals surface area contributed by atoms with Gasteiger partial charge in [0.05, 0.1) is 6.20 Å². The summed E-state index contributed by atoms with van der Waals surface area (Å²) in [5, 5.41) is 16.7. The molecule has 0 bridgehead atoms. The Bertz CT molecular complexity index is 460. The minimum atomic E-state index is -0.181. The lowest BCUT2D eigenvalue weighted by atomic mass is 10.3. The van der Waals surface area contributed by atoms with Gasteiger partial charge in [0.25, 0.3) is 0 Å². The van der Waals surface area contributed by atoms with E-state index in [-0.39, 0.29) is 12.5 Å². The molecule has 0 aliphatic carbocycles. The highest BCUT2D eigenvalue weighted by molar-refractivity contribution is 5.89. The van der Waals surface area contributed by atoms with E-state index in [1.807, 2.05) is 6.92 Å². The van der Waals surface area contributed by atoms with E-state index in [1.165, 1.54) is 10.9 Å². The molecule has 0 spiro atoms. The first-order chi connectivity index (χ1) is 7.78. The summed E-state index contributed by atoms with van der Waals surface area (Å²) >= 11 is 0. The van der Waals surface area contributed by atoms with E-state index in [4.69, 9.17) is 0 Å². The summed E-state index contributed by atoms with van der Waals surface area (Å²) in [5.41, 5.74) is 0.982. The second-order valence-electron chi connectivity index (χ2n) is 3.28. The third-order valence-electron chi connectivity index (χ3n) is 2.06. The van der Waals surface area contributed by atoms with Crippen molar-refractivity contribution in [2.75, 3.05) is 5.32 Å². The van der Waals surface area contributed by atoms with Gasteiger partial charge in [0.15, 0.2) is 5.82 Å². The van der Waals surface area contributed by atoms with Crippen LogP contribution in [-0.2, 0) is 17.8 Å². The van der Waals surface area contributed by atoms with Gasteiger partial charge in [0.2, 0.25) is 5.91 Å². The van der Waals surface area contributed by atoms with Crippen molar-refractivity contribution in [2.24, 2.45) is 0 Å². The van der Waals surface area contributed by atoms with Gasteiger partial charge in [-0.05, 0) is 6.42 Å². The first-order valence-electron chi connectivity index (χ1n) is 4.96. The van der Waals surface area contributed by atoms with Crippen LogP contribution in [0, 0.1) is 0 Å². The topological polar surface area (TPSA) is 88.5 Å². The summed E-state index contributed by atoms with van der Waals surface area (Å²) in [6.45, 7) is 2.14. The number of aromatic nitrogens is 5. The van der Waals surface area contributed by atoms with Gasteiger partial charge in [-0.25, -0.2) is 4.68 Å². The fraction of sp³-hybridized carbons (Fsp3) is 0.333. The van der Waals surface area contributed by atoms with E-state index in [1.54, 1.807) is 12.3 Å². The Hall–Kier alpha value is -2.18. The molecule has 7 heteroatoms. The van der Waals surface area contributed by atoms with Crippen LogP contribution in [0.15, 0.2) is 18.5 Å². The molecule has 0 atom stereocenters. The second kappa shape index (κ2) is 4.56.